The van der Waals surface area contributed by atoms with E-state index in [4.69, 9.17) is 0 Å². The maximum Gasteiger partial charge on any atom is 0.252 e. The number of nitrogens with zero attached hydrogens (tertiary/aromatic N) is 1. The Bertz CT molecular complexity index is 438. The van der Waals surface area contributed by atoms with Crippen molar-refractivity contribution in [3.63, 3.8) is 0 Å². The number of hydrogen-bond donors (Lipinski definition) is 0. The molecule has 0 N–H and O–H groups in total. The Labute approximate surface area is 115 Å². The first-order valence-corrected chi connectivity index (χ1v) is 9.21. The van der Waals surface area contributed by atoms with Crippen molar-refractivity contribution in [2.45, 2.75) is 35.9 Å². The number of sulfonamides is 1. The predicted octanol–water partition coefficient (Wildman–Crippen LogP) is 3.08. The van der Waals surface area contributed by atoms with Gasteiger partial charge >= 0.3 is 0 Å². The number of thiophene rings is 1. The smallest absolute Gasteiger partial charge is 0.206 e. The first-order valence-electron chi connectivity index (χ1n) is 5.77. The molecule has 1 saturated carbocycles. The normalized spacial score (nSPS) is 18.0. The van der Waals surface area contributed by atoms with Crippen LogP contribution in [0.4, 0.5) is 0 Å². The zero-order chi connectivity index (χ0) is 12.3. The van der Waals surface area contributed by atoms with Crippen molar-refractivity contribution in [2.24, 2.45) is 0 Å². The number of halogens is 1. The van der Waals surface area contributed by atoms with E-state index in [1.807, 2.05) is 5.38 Å². The maximum absolute atomic E-state index is 12.5. The quantitative estimate of drug-likeness (QED) is 0.774. The molecule has 1 aliphatic rings. The van der Waals surface area contributed by atoms with Gasteiger partial charge in [0.05, 0.1) is 0 Å². The minimum Gasteiger partial charge on any atom is -0.206 e. The molecule has 2 rings (SSSR count). The van der Waals surface area contributed by atoms with E-state index in [0.717, 1.165) is 25.7 Å². The van der Waals surface area contributed by atoms with Crippen LogP contribution in [0.2, 0.25) is 0 Å². The molecular formula is C11H16BrNO2S2. The van der Waals surface area contributed by atoms with Crippen LogP contribution in [0, 0.1) is 0 Å². The Kier molecular flexibility index (Phi) is 4.63. The van der Waals surface area contributed by atoms with Crippen LogP contribution in [-0.2, 0) is 10.0 Å². The summed E-state index contributed by atoms with van der Waals surface area (Å²) in [6, 6.07) is 3.67. The zero-order valence-corrected chi connectivity index (χ0v) is 12.7. The highest BCUT2D eigenvalue weighted by Gasteiger charge is 2.33. The van der Waals surface area contributed by atoms with Crippen LogP contribution >= 0.6 is 27.3 Å². The van der Waals surface area contributed by atoms with Gasteiger partial charge in [-0.05, 0) is 24.3 Å². The molecule has 1 aromatic heterocycles. The van der Waals surface area contributed by atoms with E-state index in [0.29, 0.717) is 16.1 Å². The summed E-state index contributed by atoms with van der Waals surface area (Å²) in [5, 5.41) is 2.50. The standard InChI is InChI=1S/C11H16BrNO2S2/c12-7-8-13(10-4-1-2-5-10)17(14,15)11-6-3-9-16-11/h3,6,9-10H,1-2,4-5,7-8H2. The lowest BCUT2D eigenvalue weighted by atomic mass is 10.2. The summed E-state index contributed by atoms with van der Waals surface area (Å²) in [5.74, 6) is 0. The van der Waals surface area contributed by atoms with Crippen molar-refractivity contribution in [3.05, 3.63) is 17.5 Å². The molecule has 0 unspecified atom stereocenters. The summed E-state index contributed by atoms with van der Waals surface area (Å²) in [6.45, 7) is 0.560. The summed E-state index contributed by atoms with van der Waals surface area (Å²) in [5.41, 5.74) is 0. The fourth-order valence-corrected chi connectivity index (χ4v) is 5.72. The monoisotopic (exact) mass is 337 g/mol. The van der Waals surface area contributed by atoms with Gasteiger partial charge in [0.15, 0.2) is 0 Å². The largest absolute Gasteiger partial charge is 0.252 e. The minimum absolute atomic E-state index is 0.194. The molecule has 3 nitrogen and oxygen atoms in total. The van der Waals surface area contributed by atoms with E-state index >= 15 is 0 Å². The summed E-state index contributed by atoms with van der Waals surface area (Å²) in [4.78, 5) is 0. The minimum atomic E-state index is -3.28. The molecule has 0 saturated heterocycles. The van der Waals surface area contributed by atoms with Crippen molar-refractivity contribution in [2.75, 3.05) is 11.9 Å². The maximum atomic E-state index is 12.5. The van der Waals surface area contributed by atoms with Crippen molar-refractivity contribution < 1.29 is 8.42 Å². The van der Waals surface area contributed by atoms with Crippen LogP contribution in [0.5, 0.6) is 0 Å². The summed E-state index contributed by atoms with van der Waals surface area (Å²) < 4.78 is 27.1. The third-order valence-corrected chi connectivity index (χ3v) is 6.77. The molecule has 0 atom stereocenters. The molecular weight excluding hydrogens is 322 g/mol. The third kappa shape index (κ3) is 2.92. The van der Waals surface area contributed by atoms with Crippen molar-refractivity contribution >= 4 is 37.3 Å². The number of rotatable bonds is 5. The molecule has 0 amide bonds. The Morgan fingerprint density at radius 2 is 2.12 bits per heavy atom. The zero-order valence-electron chi connectivity index (χ0n) is 9.51. The summed E-state index contributed by atoms with van der Waals surface area (Å²) >= 11 is 4.65. The second kappa shape index (κ2) is 5.82. The molecule has 1 fully saturated rings. The fraction of sp³-hybridized carbons (Fsp3) is 0.636. The molecule has 96 valence electrons. The Morgan fingerprint density at radius 1 is 1.41 bits per heavy atom. The van der Waals surface area contributed by atoms with E-state index in [1.165, 1.54) is 11.3 Å². The second-order valence-electron chi connectivity index (χ2n) is 4.18. The van der Waals surface area contributed by atoms with Crippen LogP contribution in [0.3, 0.4) is 0 Å². The average molecular weight is 338 g/mol. The second-order valence-corrected chi connectivity index (χ2v) is 8.03. The molecule has 0 bridgehead atoms. The molecule has 0 aromatic carbocycles. The summed E-state index contributed by atoms with van der Waals surface area (Å²) in [7, 11) is -3.28. The van der Waals surface area contributed by atoms with Gasteiger partial charge in [-0.25, -0.2) is 8.42 Å². The molecule has 0 radical (unpaired) electrons. The number of alkyl halides is 1. The third-order valence-electron chi connectivity index (χ3n) is 3.09. The lowest BCUT2D eigenvalue weighted by Crippen LogP contribution is -2.39. The van der Waals surface area contributed by atoms with Gasteiger partial charge in [0.25, 0.3) is 10.0 Å². The van der Waals surface area contributed by atoms with Crippen molar-refractivity contribution in [1.82, 2.24) is 4.31 Å². The van der Waals surface area contributed by atoms with Gasteiger partial charge in [-0.2, -0.15) is 4.31 Å². The Balaban J connectivity index is 2.26. The highest BCUT2D eigenvalue weighted by Crippen LogP contribution is 2.30. The first-order chi connectivity index (χ1) is 8.16. The molecule has 1 heterocycles. The molecule has 0 spiro atoms. The number of hydrogen-bond acceptors (Lipinski definition) is 3. The first kappa shape index (κ1) is 13.5. The predicted molar refractivity (Wildman–Crippen MR) is 74.3 cm³/mol. The Morgan fingerprint density at radius 3 is 2.65 bits per heavy atom. The fourth-order valence-electron chi connectivity index (χ4n) is 2.30. The SMILES string of the molecule is O=S(=O)(c1cccs1)N(CCBr)C1CCCC1. The van der Waals surface area contributed by atoms with Gasteiger partial charge in [0.1, 0.15) is 4.21 Å². The molecule has 6 heteroatoms. The van der Waals surface area contributed by atoms with Crippen LogP contribution < -0.4 is 0 Å². The Hall–Kier alpha value is 0.0900. The lowest BCUT2D eigenvalue weighted by molar-refractivity contribution is 0.339. The van der Waals surface area contributed by atoms with Crippen LogP contribution in [0.1, 0.15) is 25.7 Å². The van der Waals surface area contributed by atoms with Crippen molar-refractivity contribution in [1.29, 1.82) is 0 Å². The molecule has 17 heavy (non-hydrogen) atoms. The van der Waals surface area contributed by atoms with Gasteiger partial charge in [-0.1, -0.05) is 34.8 Å². The van der Waals surface area contributed by atoms with E-state index in [9.17, 15) is 8.42 Å². The van der Waals surface area contributed by atoms with E-state index in [-0.39, 0.29) is 6.04 Å². The highest BCUT2D eigenvalue weighted by molar-refractivity contribution is 9.09. The highest BCUT2D eigenvalue weighted by atomic mass is 79.9. The van der Waals surface area contributed by atoms with Crippen LogP contribution in [0.25, 0.3) is 0 Å². The van der Waals surface area contributed by atoms with Crippen molar-refractivity contribution in [3.8, 4) is 0 Å². The lowest BCUT2D eigenvalue weighted by Gasteiger charge is -2.26. The van der Waals surface area contributed by atoms with Gasteiger partial charge in [0.2, 0.25) is 0 Å². The molecule has 1 aromatic rings. The molecule has 1 aliphatic carbocycles. The summed E-state index contributed by atoms with van der Waals surface area (Å²) in [6.07, 6.45) is 4.28. The van der Waals surface area contributed by atoms with Gasteiger partial charge in [-0.15, -0.1) is 11.3 Å². The van der Waals surface area contributed by atoms with E-state index in [1.54, 1.807) is 16.4 Å². The van der Waals surface area contributed by atoms with E-state index < -0.39 is 10.0 Å². The van der Waals surface area contributed by atoms with E-state index in [2.05, 4.69) is 15.9 Å². The van der Waals surface area contributed by atoms with Gasteiger partial charge in [0, 0.05) is 17.9 Å². The van der Waals surface area contributed by atoms with Crippen LogP contribution in [0.15, 0.2) is 21.7 Å². The average Bonchev–Trinajstić information content (AvgIpc) is 2.97. The van der Waals surface area contributed by atoms with Gasteiger partial charge in [-0.3, -0.25) is 0 Å². The van der Waals surface area contributed by atoms with Crippen LogP contribution in [-0.4, -0.2) is 30.6 Å². The topological polar surface area (TPSA) is 37.4 Å². The van der Waals surface area contributed by atoms with Gasteiger partial charge < -0.3 is 0 Å². The molecule has 0 aliphatic heterocycles.